The number of halogens is 1. The Morgan fingerprint density at radius 3 is 2.63 bits per heavy atom. The molecule has 3 rings (SSSR count). The molecule has 1 unspecified atom stereocenters. The van der Waals surface area contributed by atoms with Gasteiger partial charge in [0.1, 0.15) is 5.76 Å². The number of ether oxygens (including phenoxy) is 1. The molecule has 6 nitrogen and oxygen atoms in total. The third-order valence-corrected chi connectivity index (χ3v) is 4.92. The monoisotopic (exact) mass is 390 g/mol. The van der Waals surface area contributed by atoms with Crippen molar-refractivity contribution in [1.82, 2.24) is 15.5 Å². The van der Waals surface area contributed by atoms with Crippen LogP contribution in [0.5, 0.6) is 0 Å². The largest absolute Gasteiger partial charge is 0.469 e. The Morgan fingerprint density at radius 1 is 1.19 bits per heavy atom. The van der Waals surface area contributed by atoms with Gasteiger partial charge in [0.2, 0.25) is 0 Å². The molecule has 1 aromatic heterocycles. The van der Waals surface area contributed by atoms with Crippen LogP contribution in [0.25, 0.3) is 0 Å². The van der Waals surface area contributed by atoms with Gasteiger partial charge in [0.05, 0.1) is 25.5 Å². The van der Waals surface area contributed by atoms with E-state index in [-0.39, 0.29) is 6.04 Å². The number of rotatable bonds is 7. The minimum atomic E-state index is 0.231. The van der Waals surface area contributed by atoms with Gasteiger partial charge in [0.25, 0.3) is 0 Å². The molecule has 1 aliphatic rings. The second-order valence-corrected chi connectivity index (χ2v) is 6.86. The van der Waals surface area contributed by atoms with Gasteiger partial charge in [-0.15, -0.1) is 0 Å². The molecule has 0 amide bonds. The van der Waals surface area contributed by atoms with Crippen molar-refractivity contribution < 1.29 is 9.15 Å². The molecule has 2 aromatic rings. The lowest BCUT2D eigenvalue weighted by atomic mass is 10.0. The van der Waals surface area contributed by atoms with Gasteiger partial charge in [0, 0.05) is 44.7 Å². The zero-order chi connectivity index (χ0) is 18.9. The van der Waals surface area contributed by atoms with E-state index in [0.717, 1.165) is 62.6 Å². The molecule has 27 heavy (non-hydrogen) atoms. The fourth-order valence-corrected chi connectivity index (χ4v) is 3.33. The van der Waals surface area contributed by atoms with Gasteiger partial charge < -0.3 is 19.8 Å². The molecule has 0 spiro atoms. The van der Waals surface area contributed by atoms with E-state index in [1.54, 1.807) is 13.3 Å². The van der Waals surface area contributed by atoms with Gasteiger partial charge >= 0.3 is 0 Å². The topological polar surface area (TPSA) is 62.0 Å². The van der Waals surface area contributed by atoms with Gasteiger partial charge in [-0.05, 0) is 29.8 Å². The number of hydrogen-bond acceptors (Lipinski definition) is 4. The van der Waals surface area contributed by atoms with Crippen molar-refractivity contribution in [3.05, 3.63) is 59.0 Å². The average Bonchev–Trinajstić information content (AvgIpc) is 3.22. The minimum absolute atomic E-state index is 0.231. The molecule has 0 aliphatic carbocycles. The first-order chi connectivity index (χ1) is 13.3. The quantitative estimate of drug-likeness (QED) is 0.562. The molecule has 1 saturated heterocycles. The summed E-state index contributed by atoms with van der Waals surface area (Å²) >= 11 is 6.07. The highest BCUT2D eigenvalue weighted by molar-refractivity contribution is 6.30. The minimum Gasteiger partial charge on any atom is -0.469 e. The fourth-order valence-electron chi connectivity index (χ4n) is 3.20. The number of guanidine groups is 1. The Labute approximate surface area is 165 Å². The van der Waals surface area contributed by atoms with Crippen LogP contribution in [0.4, 0.5) is 0 Å². The van der Waals surface area contributed by atoms with Crippen LogP contribution in [0.15, 0.2) is 52.1 Å². The molecule has 1 atom stereocenters. The molecule has 0 saturated carbocycles. The first-order valence-corrected chi connectivity index (χ1v) is 9.68. The van der Waals surface area contributed by atoms with Crippen LogP contribution >= 0.6 is 11.6 Å². The van der Waals surface area contributed by atoms with Crippen LogP contribution in [-0.2, 0) is 11.2 Å². The molecular weight excluding hydrogens is 364 g/mol. The molecular formula is C20H27ClN4O2. The van der Waals surface area contributed by atoms with Gasteiger partial charge in [-0.3, -0.25) is 9.89 Å². The Morgan fingerprint density at radius 2 is 1.96 bits per heavy atom. The summed E-state index contributed by atoms with van der Waals surface area (Å²) in [6.45, 7) is 4.87. The van der Waals surface area contributed by atoms with Crippen LogP contribution < -0.4 is 10.6 Å². The van der Waals surface area contributed by atoms with E-state index >= 15 is 0 Å². The number of benzene rings is 1. The maximum absolute atomic E-state index is 6.07. The van der Waals surface area contributed by atoms with Gasteiger partial charge in [-0.25, -0.2) is 0 Å². The highest BCUT2D eigenvalue weighted by atomic mass is 35.5. The van der Waals surface area contributed by atoms with Gasteiger partial charge in [-0.1, -0.05) is 23.7 Å². The van der Waals surface area contributed by atoms with Crippen molar-refractivity contribution in [2.75, 3.05) is 46.4 Å². The highest BCUT2D eigenvalue weighted by Gasteiger charge is 2.22. The Bertz CT molecular complexity index is 697. The number of morpholine rings is 1. The summed E-state index contributed by atoms with van der Waals surface area (Å²) in [6.07, 6.45) is 2.51. The number of hydrogen-bond donors (Lipinski definition) is 2. The van der Waals surface area contributed by atoms with Crippen LogP contribution in [0.2, 0.25) is 5.02 Å². The first kappa shape index (κ1) is 19.7. The smallest absolute Gasteiger partial charge is 0.191 e. The van der Waals surface area contributed by atoms with E-state index in [9.17, 15) is 0 Å². The molecule has 1 fully saturated rings. The molecule has 1 aliphatic heterocycles. The van der Waals surface area contributed by atoms with Crippen LogP contribution in [0.3, 0.4) is 0 Å². The summed E-state index contributed by atoms with van der Waals surface area (Å²) in [6, 6.07) is 12.2. The van der Waals surface area contributed by atoms with Crippen molar-refractivity contribution in [3.63, 3.8) is 0 Å². The van der Waals surface area contributed by atoms with E-state index in [1.807, 2.05) is 24.3 Å². The Kier molecular flexibility index (Phi) is 7.56. The summed E-state index contributed by atoms with van der Waals surface area (Å²) in [5, 5.41) is 7.55. The van der Waals surface area contributed by atoms with Crippen molar-refractivity contribution in [2.24, 2.45) is 4.99 Å². The summed E-state index contributed by atoms with van der Waals surface area (Å²) in [7, 11) is 1.79. The molecule has 0 radical (unpaired) electrons. The Balaban J connectivity index is 1.57. The summed E-state index contributed by atoms with van der Waals surface area (Å²) in [5.74, 6) is 1.75. The standard InChI is InChI=1S/C20H27ClN4O2/c1-22-20(23-9-8-18-3-2-12-27-18)24-15-19(25-10-13-26-14-11-25)16-4-6-17(21)7-5-16/h2-7,12,19H,8-11,13-15H2,1H3,(H2,22,23,24). The third-order valence-electron chi connectivity index (χ3n) is 4.67. The maximum Gasteiger partial charge on any atom is 0.191 e. The van der Waals surface area contributed by atoms with Crippen LogP contribution in [0.1, 0.15) is 17.4 Å². The lowest BCUT2D eigenvalue weighted by molar-refractivity contribution is 0.0170. The number of furan rings is 1. The van der Waals surface area contributed by atoms with Crippen molar-refractivity contribution in [1.29, 1.82) is 0 Å². The average molecular weight is 391 g/mol. The molecule has 0 bridgehead atoms. The summed E-state index contributed by atoms with van der Waals surface area (Å²) in [4.78, 5) is 6.77. The second-order valence-electron chi connectivity index (χ2n) is 6.42. The second kappa shape index (κ2) is 10.3. The molecule has 146 valence electrons. The van der Waals surface area contributed by atoms with E-state index < -0.39 is 0 Å². The van der Waals surface area contributed by atoms with Crippen molar-refractivity contribution in [3.8, 4) is 0 Å². The maximum atomic E-state index is 6.07. The van der Waals surface area contributed by atoms with Gasteiger partial charge in [0.15, 0.2) is 5.96 Å². The lowest BCUT2D eigenvalue weighted by Gasteiger charge is -2.35. The van der Waals surface area contributed by atoms with Crippen LogP contribution in [-0.4, -0.2) is 57.3 Å². The predicted octanol–water partition coefficient (Wildman–Crippen LogP) is 2.71. The highest BCUT2D eigenvalue weighted by Crippen LogP contribution is 2.23. The van der Waals surface area contributed by atoms with E-state index in [1.165, 1.54) is 5.56 Å². The predicted molar refractivity (Wildman–Crippen MR) is 108 cm³/mol. The molecule has 2 heterocycles. The first-order valence-electron chi connectivity index (χ1n) is 9.30. The third kappa shape index (κ3) is 5.99. The lowest BCUT2D eigenvalue weighted by Crippen LogP contribution is -2.46. The van der Waals surface area contributed by atoms with Gasteiger partial charge in [-0.2, -0.15) is 0 Å². The zero-order valence-electron chi connectivity index (χ0n) is 15.7. The van der Waals surface area contributed by atoms with Crippen molar-refractivity contribution in [2.45, 2.75) is 12.5 Å². The van der Waals surface area contributed by atoms with E-state index in [4.69, 9.17) is 20.8 Å². The fraction of sp³-hybridized carbons (Fsp3) is 0.450. The molecule has 1 aromatic carbocycles. The number of nitrogens with zero attached hydrogens (tertiary/aromatic N) is 2. The number of aliphatic imine (C=N–C) groups is 1. The van der Waals surface area contributed by atoms with E-state index in [0.29, 0.717) is 0 Å². The summed E-state index contributed by atoms with van der Waals surface area (Å²) in [5.41, 5.74) is 1.24. The normalized spacial score (nSPS) is 16.9. The Hall–Kier alpha value is -2.02. The van der Waals surface area contributed by atoms with Crippen LogP contribution in [0, 0.1) is 0 Å². The molecule has 2 N–H and O–H groups in total. The SMILES string of the molecule is CN=C(NCCc1ccco1)NCC(c1ccc(Cl)cc1)N1CCOCC1. The molecule has 7 heteroatoms. The summed E-state index contributed by atoms with van der Waals surface area (Å²) < 4.78 is 10.9. The van der Waals surface area contributed by atoms with Crippen molar-refractivity contribution >= 4 is 17.6 Å². The zero-order valence-corrected chi connectivity index (χ0v) is 16.4. The number of nitrogens with one attached hydrogen (secondary N) is 2. The van der Waals surface area contributed by atoms with E-state index in [2.05, 4.69) is 32.7 Å².